The number of unbranched alkanes of at least 4 members (excludes halogenated alkanes) is 1. The average Bonchev–Trinajstić information content (AvgIpc) is 3.90. The van der Waals surface area contributed by atoms with Gasteiger partial charge in [0.25, 0.3) is 5.56 Å². The van der Waals surface area contributed by atoms with Gasteiger partial charge in [-0.1, -0.05) is 58.1 Å². The van der Waals surface area contributed by atoms with Gasteiger partial charge in [-0.05, 0) is 82.5 Å². The van der Waals surface area contributed by atoms with Crippen LogP contribution in [0, 0.1) is 25.7 Å². The quantitative estimate of drug-likeness (QED) is 0.125. The van der Waals surface area contributed by atoms with Crippen molar-refractivity contribution in [2.75, 3.05) is 32.5 Å². The van der Waals surface area contributed by atoms with Crippen molar-refractivity contribution in [2.45, 2.75) is 173 Å². The van der Waals surface area contributed by atoms with Crippen LogP contribution in [0.5, 0.6) is 5.88 Å². The van der Waals surface area contributed by atoms with Crippen LogP contribution in [0.25, 0.3) is 0 Å². The van der Waals surface area contributed by atoms with Gasteiger partial charge in [0.05, 0.1) is 11.1 Å². The zero-order chi connectivity index (χ0) is 49.0. The predicted molar refractivity (Wildman–Crippen MR) is 256 cm³/mol. The third kappa shape index (κ3) is 23.1. The minimum absolute atomic E-state index is 0. The molecule has 2 aliphatic carbocycles. The molecule has 3 atom stereocenters. The van der Waals surface area contributed by atoms with Crippen molar-refractivity contribution < 1.29 is 92.9 Å². The van der Waals surface area contributed by atoms with Crippen LogP contribution in [-0.2, 0) is 25.6 Å². The van der Waals surface area contributed by atoms with Gasteiger partial charge in [0, 0.05) is 51.4 Å². The maximum absolute atomic E-state index is 13.8. The molecule has 2 saturated carbocycles. The van der Waals surface area contributed by atoms with Crippen LogP contribution in [0.4, 0.5) is 23.2 Å². The van der Waals surface area contributed by atoms with Gasteiger partial charge in [-0.15, -0.1) is 12.8 Å². The van der Waals surface area contributed by atoms with Crippen molar-refractivity contribution in [3.05, 3.63) is 71.3 Å². The van der Waals surface area contributed by atoms with Gasteiger partial charge in [0.1, 0.15) is 29.8 Å². The topological polar surface area (TPSA) is 166 Å². The SMILES string of the molecule is CC(C)CC1NC(=O)CCCCCCCCN(C)C(=O)C(Cc2cc(Cl)cnc2OC2CC2)N(C)C1=O.CC(F)(F)[C-]1CC(F)(F)C1.C[CH-]CC.O=C(Nc1ccc[nH]c1=O)C1CCCN1.[CH3-].[K+]. The van der Waals surface area contributed by atoms with Crippen molar-refractivity contribution in [1.29, 1.82) is 0 Å². The maximum atomic E-state index is 13.8. The minimum atomic E-state index is -3.01. The Morgan fingerprint density at radius 1 is 1.04 bits per heavy atom. The summed E-state index contributed by atoms with van der Waals surface area (Å²) >= 11 is 6.28. The first-order chi connectivity index (χ1) is 31.1. The Kier molecular flexibility index (Phi) is 29.5. The Labute approximate surface area is 449 Å². The Morgan fingerprint density at radius 2 is 1.68 bits per heavy atom. The molecule has 6 rings (SSSR count). The Morgan fingerprint density at radius 3 is 2.21 bits per heavy atom. The molecule has 380 valence electrons. The van der Waals surface area contributed by atoms with Gasteiger partial charge in [0.15, 0.2) is 5.92 Å². The Balaban J connectivity index is 0.000000605. The normalized spacial score (nSPS) is 21.4. The summed E-state index contributed by atoms with van der Waals surface area (Å²) < 4.78 is 54.2. The van der Waals surface area contributed by atoms with E-state index in [0.717, 1.165) is 70.8 Å². The van der Waals surface area contributed by atoms with E-state index in [1.54, 1.807) is 43.4 Å². The third-order valence-electron chi connectivity index (χ3n) is 11.5. The van der Waals surface area contributed by atoms with Crippen LogP contribution in [0.15, 0.2) is 35.4 Å². The second-order valence-corrected chi connectivity index (χ2v) is 18.5. The minimum Gasteiger partial charge on any atom is -0.474 e. The number of pyridine rings is 2. The van der Waals surface area contributed by atoms with Crippen LogP contribution < -0.4 is 77.6 Å². The second-order valence-electron chi connectivity index (χ2n) is 18.1. The first kappa shape index (κ1) is 63.4. The molecule has 0 bridgehead atoms. The number of H-pyrrole nitrogens is 1. The van der Waals surface area contributed by atoms with E-state index in [4.69, 9.17) is 16.3 Å². The first-order valence-corrected chi connectivity index (χ1v) is 23.8. The zero-order valence-electron chi connectivity index (χ0n) is 41.8. The number of likely N-dealkylation sites (N-methyl/N-ethyl adjacent to an activating group) is 2. The van der Waals surface area contributed by atoms with Gasteiger partial charge in [-0.2, -0.15) is 13.3 Å². The molecule has 0 spiro atoms. The second kappa shape index (κ2) is 31.7. The van der Waals surface area contributed by atoms with Gasteiger partial charge >= 0.3 is 51.4 Å². The number of rotatable bonds is 10. The van der Waals surface area contributed by atoms with Gasteiger partial charge < -0.3 is 49.3 Å². The van der Waals surface area contributed by atoms with Gasteiger partial charge in [-0.25, -0.2) is 28.5 Å². The van der Waals surface area contributed by atoms with Crippen LogP contribution in [0.2, 0.25) is 5.02 Å². The molecule has 4 fully saturated rings. The number of amides is 4. The summed E-state index contributed by atoms with van der Waals surface area (Å²) in [5.74, 6) is -6.21. The summed E-state index contributed by atoms with van der Waals surface area (Å²) in [4.78, 5) is 73.3. The summed E-state index contributed by atoms with van der Waals surface area (Å²) in [6, 6.07) is 3.41. The molecule has 2 saturated heterocycles. The van der Waals surface area contributed by atoms with E-state index in [2.05, 4.69) is 46.2 Å². The van der Waals surface area contributed by atoms with Crippen LogP contribution in [0.1, 0.15) is 136 Å². The van der Waals surface area contributed by atoms with E-state index in [-0.39, 0.29) is 118 Å². The Bertz CT molecular complexity index is 1890. The van der Waals surface area contributed by atoms with E-state index < -0.39 is 36.8 Å². The number of aromatic amines is 1. The molecule has 2 aromatic heterocycles. The van der Waals surface area contributed by atoms with Crippen molar-refractivity contribution in [2.24, 2.45) is 5.92 Å². The standard InChI is InChI=1S/C28H43ClN4O4.C10H13N3O2.C6H7F4.C4H9.CH3.K/c1-19(2)15-23-27(35)33(4)24(17-20-16-21(29)18-30-26(20)37-22-12-13-22)28(36)32(3)14-10-8-6-5-7-9-11-25(34)31-23;14-9-8(4-2-6-12-9)13-10(15)7-3-1-5-11-7;1-5(7,8)4-2-6(9,10)3-4;1-3-4-2;;/h16,18-19,22-24H,5-15,17H2,1-4H3,(H,31,34);2,4,6-7,11H,1,3,5H2,(H,12,14)(H,13,15);2-3H2,1H3;3H,4H2,1-2H3;1H3;/q;;3*-1;+1. The van der Waals surface area contributed by atoms with E-state index >= 15 is 0 Å². The predicted octanol–water partition coefficient (Wildman–Crippen LogP) is 6.16. The fourth-order valence-electron chi connectivity index (χ4n) is 7.26. The fraction of sp³-hybridized carbons (Fsp3) is 0.653. The molecule has 4 amide bonds. The molecule has 3 unspecified atom stereocenters. The number of carbonyl (C=O) groups is 4. The average molecular weight is 1010 g/mol. The Hall–Kier alpha value is -2.61. The molecule has 19 heteroatoms. The molecule has 68 heavy (non-hydrogen) atoms. The third-order valence-corrected chi connectivity index (χ3v) is 11.7. The van der Waals surface area contributed by atoms with Crippen molar-refractivity contribution in [3.8, 4) is 5.88 Å². The summed E-state index contributed by atoms with van der Waals surface area (Å²) in [6.45, 7) is 10.4. The summed E-state index contributed by atoms with van der Waals surface area (Å²) in [6.07, 6.45) is 15.8. The summed E-state index contributed by atoms with van der Waals surface area (Å²) in [5, 5.41) is 9.09. The smallest absolute Gasteiger partial charge is 0.474 e. The van der Waals surface area contributed by atoms with E-state index in [1.165, 1.54) is 17.5 Å². The molecule has 2 aromatic rings. The van der Waals surface area contributed by atoms with E-state index in [9.17, 15) is 41.5 Å². The number of hydrogen-bond acceptors (Lipinski definition) is 8. The number of hydrogen-bond donors (Lipinski definition) is 4. The number of anilines is 1. The number of nitrogens with zero attached hydrogens (tertiary/aromatic N) is 3. The van der Waals surface area contributed by atoms with E-state index in [1.807, 2.05) is 13.8 Å². The zero-order valence-corrected chi connectivity index (χ0v) is 45.6. The molecule has 2 aliphatic heterocycles. The van der Waals surface area contributed by atoms with Crippen LogP contribution >= 0.6 is 11.6 Å². The number of aromatic nitrogens is 2. The number of nitrogens with one attached hydrogen (secondary N) is 4. The maximum Gasteiger partial charge on any atom is 1.00 e. The number of ether oxygens (including phenoxy) is 1. The fourth-order valence-corrected chi connectivity index (χ4v) is 7.44. The van der Waals surface area contributed by atoms with Gasteiger partial charge in [-0.3, -0.25) is 24.0 Å². The monoisotopic (exact) mass is 1010 g/mol. The van der Waals surface area contributed by atoms with E-state index in [0.29, 0.717) is 48.5 Å². The van der Waals surface area contributed by atoms with Crippen LogP contribution in [0.3, 0.4) is 0 Å². The van der Waals surface area contributed by atoms with Crippen LogP contribution in [-0.4, -0.2) is 107 Å². The first-order valence-electron chi connectivity index (χ1n) is 23.4. The molecule has 0 radical (unpaired) electrons. The number of halogens is 5. The van der Waals surface area contributed by atoms with Crippen molar-refractivity contribution in [3.63, 3.8) is 0 Å². The van der Waals surface area contributed by atoms with Crippen molar-refractivity contribution >= 4 is 40.9 Å². The summed E-state index contributed by atoms with van der Waals surface area (Å²) in [7, 11) is 3.45. The van der Waals surface area contributed by atoms with Crippen molar-refractivity contribution in [1.82, 2.24) is 30.4 Å². The molecular formula is C49H75ClF4KN7O6-2. The molecule has 4 N–H and O–H groups in total. The molecule has 0 aromatic carbocycles. The molecule has 4 aliphatic rings. The largest absolute Gasteiger partial charge is 1.00 e. The molecular weight excluding hydrogens is 933 g/mol. The number of carbonyl (C=O) groups excluding carboxylic acids is 4. The van der Waals surface area contributed by atoms with Gasteiger partial charge in [0.2, 0.25) is 29.5 Å². The molecule has 4 heterocycles. The number of alkyl halides is 4. The summed E-state index contributed by atoms with van der Waals surface area (Å²) in [5.41, 5.74) is 0.727. The molecule has 13 nitrogen and oxygen atoms in total.